The van der Waals surface area contributed by atoms with Crippen LogP contribution in [0.1, 0.15) is 31.4 Å². The first-order chi connectivity index (χ1) is 18.2. The molecule has 0 aliphatic carbocycles. The summed E-state index contributed by atoms with van der Waals surface area (Å²) in [5, 5.41) is 13.5. The molecular formula is C27H36N4O6S. The molecule has 2 amide bonds. The molecular weight excluding hydrogens is 508 g/mol. The van der Waals surface area contributed by atoms with Gasteiger partial charge in [0.25, 0.3) is 0 Å². The molecule has 0 spiro atoms. The molecule has 1 aliphatic rings. The smallest absolute Gasteiger partial charge is 0.328 e. The number of aliphatic carboxylic acids is 1. The van der Waals surface area contributed by atoms with Gasteiger partial charge in [-0.1, -0.05) is 48.5 Å². The molecule has 2 aromatic carbocycles. The Morgan fingerprint density at radius 3 is 2.50 bits per heavy atom. The topological polar surface area (TPSA) is 130 Å². The number of carboxylic acids is 1. The van der Waals surface area contributed by atoms with Crippen molar-refractivity contribution in [1.29, 1.82) is 0 Å². The molecule has 11 heteroatoms. The molecule has 38 heavy (non-hydrogen) atoms. The average Bonchev–Trinajstić information content (AvgIpc) is 2.90. The molecule has 0 saturated carbocycles. The van der Waals surface area contributed by atoms with E-state index in [0.717, 1.165) is 32.0 Å². The number of likely N-dealkylation sites (N-methyl/N-ethyl adjacent to an activating group) is 1. The Kier molecular flexibility index (Phi) is 11.0. The molecule has 2 aromatic rings. The fourth-order valence-corrected chi connectivity index (χ4v) is 5.33. The quantitative estimate of drug-likeness (QED) is 0.276. The summed E-state index contributed by atoms with van der Waals surface area (Å²) in [5.41, 5.74) is 1.29. The van der Waals surface area contributed by atoms with Crippen LogP contribution in [0.25, 0.3) is 10.8 Å². The van der Waals surface area contributed by atoms with Crippen LogP contribution in [-0.4, -0.2) is 92.1 Å². The summed E-state index contributed by atoms with van der Waals surface area (Å²) in [6, 6.07) is 15.0. The number of rotatable bonds is 12. The molecule has 3 rings (SSSR count). The second-order valence-corrected chi connectivity index (χ2v) is 10.5. The Morgan fingerprint density at radius 2 is 1.82 bits per heavy atom. The third-order valence-electron chi connectivity index (χ3n) is 6.95. The highest BCUT2D eigenvalue weighted by molar-refractivity contribution is 7.76. The van der Waals surface area contributed by atoms with E-state index in [2.05, 4.69) is 53.5 Å². The highest BCUT2D eigenvalue weighted by atomic mass is 32.2. The highest BCUT2D eigenvalue weighted by Crippen LogP contribution is 2.31. The first kappa shape index (κ1) is 29.4. The lowest BCUT2D eigenvalue weighted by Crippen LogP contribution is -2.46. The summed E-state index contributed by atoms with van der Waals surface area (Å²) in [5.74, 6) is -1.86. The summed E-state index contributed by atoms with van der Waals surface area (Å²) in [6.07, 6.45) is 3.89. The maximum Gasteiger partial charge on any atom is 0.328 e. The summed E-state index contributed by atoms with van der Waals surface area (Å²) < 4.78 is 23.0. The molecule has 3 N–H and O–H groups in total. The van der Waals surface area contributed by atoms with Gasteiger partial charge < -0.3 is 15.3 Å². The minimum absolute atomic E-state index is 0.0256. The van der Waals surface area contributed by atoms with Crippen LogP contribution in [0.4, 0.5) is 0 Å². The number of hydrogen-bond acceptors (Lipinski definition) is 5. The van der Waals surface area contributed by atoms with Gasteiger partial charge in [-0.2, -0.15) is 4.31 Å². The summed E-state index contributed by atoms with van der Waals surface area (Å²) in [7, 11) is 1.45. The van der Waals surface area contributed by atoms with E-state index in [1.807, 2.05) is 6.07 Å². The van der Waals surface area contributed by atoms with Gasteiger partial charge in [-0.25, -0.2) is 9.00 Å². The molecule has 0 bridgehead atoms. The Hall–Kier alpha value is -3.12. The first-order valence-corrected chi connectivity index (χ1v) is 13.7. The molecule has 2 atom stereocenters. The highest BCUT2D eigenvalue weighted by Gasteiger charge is 2.28. The molecule has 1 aliphatic heterocycles. The van der Waals surface area contributed by atoms with Gasteiger partial charge in [0.05, 0.1) is 13.1 Å². The molecule has 2 unspecified atom stereocenters. The van der Waals surface area contributed by atoms with Crippen molar-refractivity contribution in [2.45, 2.75) is 25.8 Å². The van der Waals surface area contributed by atoms with Crippen molar-refractivity contribution >= 4 is 39.8 Å². The zero-order valence-electron chi connectivity index (χ0n) is 21.8. The zero-order valence-corrected chi connectivity index (χ0v) is 22.6. The van der Waals surface area contributed by atoms with Crippen molar-refractivity contribution in [3.8, 4) is 0 Å². The van der Waals surface area contributed by atoms with Gasteiger partial charge in [-0.3, -0.25) is 19.0 Å². The van der Waals surface area contributed by atoms with Crippen LogP contribution in [0.3, 0.4) is 0 Å². The lowest BCUT2D eigenvalue weighted by molar-refractivity contribution is -0.134. The van der Waals surface area contributed by atoms with E-state index in [1.165, 1.54) is 38.7 Å². The third kappa shape index (κ3) is 8.45. The van der Waals surface area contributed by atoms with Crippen LogP contribution < -0.4 is 5.32 Å². The van der Waals surface area contributed by atoms with Gasteiger partial charge >= 0.3 is 5.97 Å². The summed E-state index contributed by atoms with van der Waals surface area (Å²) >= 11 is -2.32. The van der Waals surface area contributed by atoms with E-state index in [0.29, 0.717) is 6.54 Å². The molecule has 0 aromatic heterocycles. The Balaban J connectivity index is 1.49. The van der Waals surface area contributed by atoms with Gasteiger partial charge in [-0.15, -0.1) is 0 Å². The molecule has 0 radical (unpaired) electrons. The van der Waals surface area contributed by atoms with Gasteiger partial charge in [0.2, 0.25) is 23.1 Å². The SMILES string of the molecule is CC(c1cccc2ccccc12)N1CCC(CN(CC(=O)N(C)CC(=O)NC/C=C/C(=O)O)S(=O)O)CC1. The van der Waals surface area contributed by atoms with Crippen molar-refractivity contribution in [3.63, 3.8) is 0 Å². The maximum absolute atomic E-state index is 12.6. The Labute approximate surface area is 225 Å². The summed E-state index contributed by atoms with van der Waals surface area (Å²) in [6.45, 7) is 3.73. The lowest BCUT2D eigenvalue weighted by atomic mass is 9.93. The maximum atomic E-state index is 12.6. The van der Waals surface area contributed by atoms with Crippen LogP contribution in [0.2, 0.25) is 0 Å². The van der Waals surface area contributed by atoms with Crippen LogP contribution in [0, 0.1) is 5.92 Å². The van der Waals surface area contributed by atoms with Crippen molar-refractivity contribution in [2.24, 2.45) is 5.92 Å². The van der Waals surface area contributed by atoms with Gasteiger partial charge in [0.15, 0.2) is 0 Å². The minimum atomic E-state index is -2.32. The van der Waals surface area contributed by atoms with Crippen LogP contribution in [0.15, 0.2) is 54.6 Å². The predicted molar refractivity (Wildman–Crippen MR) is 146 cm³/mol. The van der Waals surface area contributed by atoms with Crippen molar-refractivity contribution < 1.29 is 28.3 Å². The second-order valence-electron chi connectivity index (χ2n) is 9.57. The number of benzene rings is 2. The second kappa shape index (κ2) is 14.1. The number of carbonyl (C=O) groups excluding carboxylic acids is 2. The molecule has 1 fully saturated rings. The monoisotopic (exact) mass is 544 g/mol. The van der Waals surface area contributed by atoms with Gasteiger partial charge in [0, 0.05) is 32.3 Å². The number of likely N-dealkylation sites (tertiary alicyclic amines) is 1. The van der Waals surface area contributed by atoms with Crippen LogP contribution >= 0.6 is 0 Å². The zero-order chi connectivity index (χ0) is 27.7. The van der Waals surface area contributed by atoms with E-state index in [1.54, 1.807) is 0 Å². The van der Waals surface area contributed by atoms with Crippen LogP contribution in [-0.2, 0) is 25.7 Å². The van der Waals surface area contributed by atoms with Crippen molar-refractivity contribution in [2.75, 3.05) is 46.3 Å². The lowest BCUT2D eigenvalue weighted by Gasteiger charge is -2.37. The van der Waals surface area contributed by atoms with Gasteiger partial charge in [-0.05, 0) is 55.1 Å². The van der Waals surface area contributed by atoms with E-state index < -0.39 is 29.1 Å². The summed E-state index contributed by atoms with van der Waals surface area (Å²) in [4.78, 5) is 38.7. The number of piperidine rings is 1. The fourth-order valence-electron chi connectivity index (χ4n) is 4.77. The number of fused-ring (bicyclic) bond motifs is 1. The standard InChI is InChI=1S/C27H36N4O6S/c1-20(23-10-5-8-22-7-3-4-9-24(22)23)30-15-12-21(13-16-30)17-31(38(36)37)19-26(33)29(2)18-25(32)28-14-6-11-27(34)35/h3-11,20-21H,12-19H2,1-2H3,(H,28,32)(H,34,35)(H,36,37)/b11-6+. The molecule has 1 heterocycles. The Morgan fingerprint density at radius 1 is 1.13 bits per heavy atom. The first-order valence-electron chi connectivity index (χ1n) is 12.6. The van der Waals surface area contributed by atoms with Gasteiger partial charge in [0.1, 0.15) is 0 Å². The third-order valence-corrected chi connectivity index (χ3v) is 7.67. The number of amides is 2. The largest absolute Gasteiger partial charge is 0.478 e. The van der Waals surface area contributed by atoms with Crippen molar-refractivity contribution in [1.82, 2.24) is 19.4 Å². The van der Waals surface area contributed by atoms with Crippen molar-refractivity contribution in [3.05, 3.63) is 60.2 Å². The molecule has 1 saturated heterocycles. The number of nitrogens with one attached hydrogen (secondary N) is 1. The molecule has 206 valence electrons. The van der Waals surface area contributed by atoms with E-state index in [9.17, 15) is 23.1 Å². The van der Waals surface area contributed by atoms with E-state index >= 15 is 0 Å². The fraction of sp³-hybridized carbons (Fsp3) is 0.444. The normalized spacial score (nSPS) is 16.5. The average molecular weight is 545 g/mol. The number of carboxylic acid groups (broad SMARTS) is 1. The van der Waals surface area contributed by atoms with E-state index in [-0.39, 0.29) is 31.6 Å². The Bertz CT molecular complexity index is 1180. The predicted octanol–water partition coefficient (Wildman–Crippen LogP) is 2.27. The number of hydrogen-bond donors (Lipinski definition) is 3. The number of nitrogens with zero attached hydrogens (tertiary/aromatic N) is 3. The number of carbonyl (C=O) groups is 3. The van der Waals surface area contributed by atoms with E-state index in [4.69, 9.17) is 5.11 Å². The van der Waals surface area contributed by atoms with Crippen LogP contribution in [0.5, 0.6) is 0 Å². The minimum Gasteiger partial charge on any atom is -0.478 e. The molecule has 10 nitrogen and oxygen atoms in total.